The Morgan fingerprint density at radius 3 is 1.92 bits per heavy atom. The number of rotatable bonds is 3. The van der Waals surface area contributed by atoms with E-state index in [1.807, 2.05) is 20.8 Å². The Labute approximate surface area is 75.9 Å². The van der Waals surface area contributed by atoms with Crippen LogP contribution in [0.3, 0.4) is 0 Å². The second-order valence-electron chi connectivity index (χ2n) is 3.96. The van der Waals surface area contributed by atoms with E-state index in [1.165, 1.54) is 0 Å². The molecular formula is C8H15F3S. The predicted octanol–water partition coefficient (Wildman–Crippen LogP) is 4.07. The highest BCUT2D eigenvalue weighted by molar-refractivity contribution is 8.00. The first-order valence-electron chi connectivity index (χ1n) is 3.91. The van der Waals surface area contributed by atoms with Gasteiger partial charge in [-0.25, -0.2) is 0 Å². The van der Waals surface area contributed by atoms with Crippen molar-refractivity contribution >= 4 is 11.8 Å². The Balaban J connectivity index is 3.35. The van der Waals surface area contributed by atoms with Crippen LogP contribution >= 0.6 is 11.8 Å². The zero-order chi connectivity index (χ0) is 9.83. The van der Waals surface area contributed by atoms with Crippen molar-refractivity contribution in [2.45, 2.75) is 39.1 Å². The van der Waals surface area contributed by atoms with Crippen LogP contribution in [-0.4, -0.2) is 11.3 Å². The van der Waals surface area contributed by atoms with Crippen LogP contribution in [0.15, 0.2) is 0 Å². The van der Waals surface area contributed by atoms with Crippen LogP contribution in [0, 0.1) is 5.41 Å². The highest BCUT2D eigenvalue weighted by atomic mass is 32.2. The summed E-state index contributed by atoms with van der Waals surface area (Å²) in [5.41, 5.74) is -3.91. The molecule has 0 amide bonds. The van der Waals surface area contributed by atoms with Crippen molar-refractivity contribution in [2.24, 2.45) is 5.41 Å². The average Bonchev–Trinajstić information content (AvgIpc) is 1.76. The Morgan fingerprint density at radius 2 is 1.58 bits per heavy atom. The molecule has 0 aliphatic rings. The molecule has 0 aromatic rings. The lowest BCUT2D eigenvalue weighted by atomic mass is 9.91. The SMILES string of the molecule is CC(C)(C)CCCSC(F)(F)F. The zero-order valence-corrected chi connectivity index (χ0v) is 8.48. The van der Waals surface area contributed by atoms with Crippen molar-refractivity contribution in [1.82, 2.24) is 0 Å². The standard InChI is InChI=1S/C8H15F3S/c1-7(2,3)5-4-6-12-8(9,10)11/h4-6H2,1-3H3. The summed E-state index contributed by atoms with van der Waals surface area (Å²) in [4.78, 5) is 0. The summed E-state index contributed by atoms with van der Waals surface area (Å²) in [6, 6.07) is 0. The van der Waals surface area contributed by atoms with Crippen LogP contribution in [0.5, 0.6) is 0 Å². The van der Waals surface area contributed by atoms with Gasteiger partial charge < -0.3 is 0 Å². The molecule has 0 saturated heterocycles. The van der Waals surface area contributed by atoms with Gasteiger partial charge in [-0.15, -0.1) is 0 Å². The van der Waals surface area contributed by atoms with Crippen LogP contribution in [0.1, 0.15) is 33.6 Å². The molecule has 0 spiro atoms. The lowest BCUT2D eigenvalue weighted by Crippen LogP contribution is -2.07. The Bertz CT molecular complexity index is 107. The van der Waals surface area contributed by atoms with Gasteiger partial charge >= 0.3 is 5.51 Å². The molecule has 0 aliphatic heterocycles. The second kappa shape index (κ2) is 4.40. The molecule has 0 aromatic heterocycles. The van der Waals surface area contributed by atoms with Gasteiger partial charge in [0.15, 0.2) is 0 Å². The average molecular weight is 200 g/mol. The Kier molecular flexibility index (Phi) is 4.45. The van der Waals surface area contributed by atoms with E-state index in [4.69, 9.17) is 0 Å². The molecule has 74 valence electrons. The zero-order valence-electron chi connectivity index (χ0n) is 7.66. The smallest absolute Gasteiger partial charge is 0.160 e. The fourth-order valence-corrected chi connectivity index (χ4v) is 1.31. The first kappa shape index (κ1) is 12.1. The Hall–Kier alpha value is 0.140. The summed E-state index contributed by atoms with van der Waals surface area (Å²) in [5.74, 6) is 0.181. The van der Waals surface area contributed by atoms with Crippen LogP contribution in [0.2, 0.25) is 0 Å². The van der Waals surface area contributed by atoms with Gasteiger partial charge in [-0.3, -0.25) is 0 Å². The molecular weight excluding hydrogens is 185 g/mol. The van der Waals surface area contributed by atoms with Gasteiger partial charge in [-0.05, 0) is 18.3 Å². The molecule has 0 bridgehead atoms. The maximum Gasteiger partial charge on any atom is 0.441 e. The fraction of sp³-hybridized carbons (Fsp3) is 1.00. The molecule has 0 nitrogen and oxygen atoms in total. The highest BCUT2D eigenvalue weighted by Gasteiger charge is 2.27. The third-order valence-electron chi connectivity index (χ3n) is 1.34. The van der Waals surface area contributed by atoms with E-state index in [2.05, 4.69) is 0 Å². The number of thioether (sulfide) groups is 1. The van der Waals surface area contributed by atoms with E-state index in [0.29, 0.717) is 6.42 Å². The van der Waals surface area contributed by atoms with Gasteiger partial charge in [0.05, 0.1) is 0 Å². The normalized spacial score (nSPS) is 13.5. The third kappa shape index (κ3) is 10.1. The summed E-state index contributed by atoms with van der Waals surface area (Å²) < 4.78 is 34.9. The summed E-state index contributed by atoms with van der Waals surface area (Å²) in [5, 5.41) is 0. The molecule has 0 radical (unpaired) electrons. The van der Waals surface area contributed by atoms with Crippen molar-refractivity contribution < 1.29 is 13.2 Å². The van der Waals surface area contributed by atoms with E-state index >= 15 is 0 Å². The minimum Gasteiger partial charge on any atom is -0.160 e. The molecule has 0 fully saturated rings. The van der Waals surface area contributed by atoms with E-state index in [1.54, 1.807) is 0 Å². The molecule has 0 aromatic carbocycles. The quantitative estimate of drug-likeness (QED) is 0.619. The molecule has 0 atom stereocenters. The molecule has 0 saturated carbocycles. The summed E-state index contributed by atoms with van der Waals surface area (Å²) >= 11 is 0.0743. The second-order valence-corrected chi connectivity index (χ2v) is 5.12. The maximum atomic E-state index is 11.6. The summed E-state index contributed by atoms with van der Waals surface area (Å²) in [7, 11) is 0. The van der Waals surface area contributed by atoms with Crippen LogP contribution < -0.4 is 0 Å². The number of hydrogen-bond acceptors (Lipinski definition) is 1. The lowest BCUT2D eigenvalue weighted by Gasteiger charge is -2.17. The topological polar surface area (TPSA) is 0 Å². The van der Waals surface area contributed by atoms with Gasteiger partial charge in [0, 0.05) is 5.75 Å². The van der Waals surface area contributed by atoms with Crippen molar-refractivity contribution in [3.05, 3.63) is 0 Å². The van der Waals surface area contributed by atoms with Gasteiger partial charge in [0.2, 0.25) is 0 Å². The highest BCUT2D eigenvalue weighted by Crippen LogP contribution is 2.32. The lowest BCUT2D eigenvalue weighted by molar-refractivity contribution is -0.0328. The molecule has 4 heteroatoms. The van der Waals surface area contributed by atoms with Crippen LogP contribution in [-0.2, 0) is 0 Å². The number of halogens is 3. The predicted molar refractivity (Wildman–Crippen MR) is 47.2 cm³/mol. The van der Waals surface area contributed by atoms with Crippen molar-refractivity contribution in [3.8, 4) is 0 Å². The van der Waals surface area contributed by atoms with E-state index in [0.717, 1.165) is 6.42 Å². The number of alkyl halides is 3. The maximum absolute atomic E-state index is 11.6. The molecule has 0 rings (SSSR count). The van der Waals surface area contributed by atoms with E-state index < -0.39 is 5.51 Å². The first-order valence-corrected chi connectivity index (χ1v) is 4.90. The van der Waals surface area contributed by atoms with Crippen LogP contribution in [0.4, 0.5) is 13.2 Å². The molecule has 0 aliphatic carbocycles. The minimum atomic E-state index is -4.06. The van der Waals surface area contributed by atoms with Gasteiger partial charge in [0.25, 0.3) is 0 Å². The van der Waals surface area contributed by atoms with E-state index in [9.17, 15) is 13.2 Å². The van der Waals surface area contributed by atoms with E-state index in [-0.39, 0.29) is 22.9 Å². The Morgan fingerprint density at radius 1 is 1.08 bits per heavy atom. The summed E-state index contributed by atoms with van der Waals surface area (Å²) in [6.45, 7) is 6.10. The van der Waals surface area contributed by atoms with Crippen molar-refractivity contribution in [2.75, 3.05) is 5.75 Å². The van der Waals surface area contributed by atoms with Gasteiger partial charge in [0.1, 0.15) is 0 Å². The van der Waals surface area contributed by atoms with Crippen molar-refractivity contribution in [1.29, 1.82) is 0 Å². The number of hydrogen-bond donors (Lipinski definition) is 0. The van der Waals surface area contributed by atoms with Gasteiger partial charge in [-0.1, -0.05) is 32.5 Å². The monoisotopic (exact) mass is 200 g/mol. The molecule has 0 N–H and O–H groups in total. The van der Waals surface area contributed by atoms with Crippen molar-refractivity contribution in [3.63, 3.8) is 0 Å². The molecule has 0 heterocycles. The molecule has 0 unspecified atom stereocenters. The third-order valence-corrected chi connectivity index (χ3v) is 2.16. The summed E-state index contributed by atoms with van der Waals surface area (Å²) in [6.07, 6.45) is 1.48. The first-order chi connectivity index (χ1) is 5.21. The van der Waals surface area contributed by atoms with Gasteiger partial charge in [-0.2, -0.15) is 13.2 Å². The largest absolute Gasteiger partial charge is 0.441 e. The fourth-order valence-electron chi connectivity index (χ4n) is 0.790. The molecule has 12 heavy (non-hydrogen) atoms. The minimum absolute atomic E-state index is 0.0743. The van der Waals surface area contributed by atoms with Crippen LogP contribution in [0.25, 0.3) is 0 Å².